The van der Waals surface area contributed by atoms with Gasteiger partial charge >= 0.3 is 23.9 Å². The van der Waals surface area contributed by atoms with Crippen LogP contribution in [0.1, 0.15) is 19.3 Å². The molecule has 1 rings (SSSR count). The lowest BCUT2D eigenvalue weighted by Crippen LogP contribution is -2.58. The Balaban J connectivity index is 3.22. The summed E-state index contributed by atoms with van der Waals surface area (Å²) in [5, 5.41) is 38.7. The first kappa shape index (κ1) is 22.6. The number of carbonyl (C=O) groups is 4. The molecule has 1 unspecified atom stereocenters. The van der Waals surface area contributed by atoms with Gasteiger partial charge in [0.05, 0.1) is 37.4 Å². The fourth-order valence-electron chi connectivity index (χ4n) is 3.40. The Labute approximate surface area is 159 Å². The lowest BCUT2D eigenvalue weighted by Gasteiger charge is -2.44. The molecular weight excluding hydrogens is 382 g/mol. The fraction of sp³-hybridized carbons (Fsp3) is 0.667. The van der Waals surface area contributed by atoms with Gasteiger partial charge in [-0.05, 0) is 31.5 Å². The molecule has 0 aromatic carbocycles. The highest BCUT2D eigenvalue weighted by atomic mass is 32.1. The van der Waals surface area contributed by atoms with Crippen LogP contribution in [-0.4, -0.2) is 104 Å². The molecule has 4 N–H and O–H groups in total. The molecule has 0 radical (unpaired) electrons. The minimum atomic E-state index is -1.25. The summed E-state index contributed by atoms with van der Waals surface area (Å²) in [6.45, 7) is -2.31. The van der Waals surface area contributed by atoms with Gasteiger partial charge in [0.1, 0.15) is 0 Å². The normalized spacial score (nSPS) is 22.2. The van der Waals surface area contributed by atoms with Crippen molar-refractivity contribution in [3.05, 3.63) is 0 Å². The maximum Gasteiger partial charge on any atom is 0.317 e. The van der Waals surface area contributed by atoms with Gasteiger partial charge < -0.3 is 20.4 Å². The van der Waals surface area contributed by atoms with E-state index < -0.39 is 62.1 Å². The van der Waals surface area contributed by atoms with Crippen LogP contribution >= 0.6 is 12.2 Å². The third-order valence-electron chi connectivity index (χ3n) is 4.28. The van der Waals surface area contributed by atoms with Crippen LogP contribution in [0.15, 0.2) is 4.99 Å². The SMILES string of the molecule is O=C(O)CN(CC(=O)O)[C@@H]1CCC(N=C=S)C[C@H]1N(CC(=O)O)CC(=O)O. The average Bonchev–Trinajstić information content (AvgIpc) is 2.52. The first-order valence-electron chi connectivity index (χ1n) is 8.06. The van der Waals surface area contributed by atoms with Gasteiger partial charge in [-0.15, -0.1) is 0 Å². The smallest absolute Gasteiger partial charge is 0.317 e. The zero-order chi connectivity index (χ0) is 20.6. The Bertz CT molecular complexity index is 605. The molecule has 0 spiro atoms. The van der Waals surface area contributed by atoms with Gasteiger partial charge in [-0.25, -0.2) is 4.99 Å². The molecule has 27 heavy (non-hydrogen) atoms. The van der Waals surface area contributed by atoms with Crippen molar-refractivity contribution < 1.29 is 39.6 Å². The number of hydrogen-bond donors (Lipinski definition) is 4. The first-order valence-corrected chi connectivity index (χ1v) is 8.47. The van der Waals surface area contributed by atoms with Crippen molar-refractivity contribution in [1.82, 2.24) is 9.80 Å². The van der Waals surface area contributed by atoms with Gasteiger partial charge in [-0.1, -0.05) is 0 Å². The number of isothiocyanates is 1. The van der Waals surface area contributed by atoms with Gasteiger partial charge in [-0.2, -0.15) is 0 Å². The second-order valence-corrected chi connectivity index (χ2v) is 6.39. The van der Waals surface area contributed by atoms with Gasteiger partial charge in [0.2, 0.25) is 0 Å². The van der Waals surface area contributed by atoms with Gasteiger partial charge in [-0.3, -0.25) is 29.0 Å². The number of nitrogens with zero attached hydrogens (tertiary/aromatic N) is 3. The summed E-state index contributed by atoms with van der Waals surface area (Å²) in [4.78, 5) is 51.1. The van der Waals surface area contributed by atoms with Crippen molar-refractivity contribution in [2.45, 2.75) is 37.4 Å². The number of rotatable bonds is 11. The van der Waals surface area contributed by atoms with Crippen LogP contribution in [0.3, 0.4) is 0 Å². The van der Waals surface area contributed by atoms with E-state index in [0.717, 1.165) is 0 Å². The van der Waals surface area contributed by atoms with E-state index in [2.05, 4.69) is 22.4 Å². The molecule has 0 bridgehead atoms. The van der Waals surface area contributed by atoms with Crippen LogP contribution in [0.4, 0.5) is 0 Å². The zero-order valence-electron chi connectivity index (χ0n) is 14.4. The lowest BCUT2D eigenvalue weighted by atomic mass is 9.84. The summed E-state index contributed by atoms with van der Waals surface area (Å²) < 4.78 is 0. The molecule has 0 amide bonds. The highest BCUT2D eigenvalue weighted by Crippen LogP contribution is 2.29. The molecule has 12 heteroatoms. The van der Waals surface area contributed by atoms with Crippen LogP contribution in [-0.2, 0) is 19.2 Å². The van der Waals surface area contributed by atoms with Crippen LogP contribution in [0.25, 0.3) is 0 Å². The Morgan fingerprint density at radius 3 is 1.59 bits per heavy atom. The zero-order valence-corrected chi connectivity index (χ0v) is 15.2. The molecule has 0 aromatic heterocycles. The molecule has 0 heterocycles. The van der Waals surface area contributed by atoms with E-state index in [4.69, 9.17) is 20.4 Å². The molecule has 1 aliphatic carbocycles. The van der Waals surface area contributed by atoms with E-state index in [1.54, 1.807) is 0 Å². The summed E-state index contributed by atoms with van der Waals surface area (Å²) in [5.41, 5.74) is 0. The third kappa shape index (κ3) is 7.79. The van der Waals surface area contributed by atoms with E-state index in [-0.39, 0.29) is 12.5 Å². The highest BCUT2D eigenvalue weighted by Gasteiger charge is 2.40. The lowest BCUT2D eigenvalue weighted by molar-refractivity contribution is -0.149. The molecular formula is C15H21N3O8S. The summed E-state index contributed by atoms with van der Waals surface area (Å²) in [6, 6.07) is -1.71. The number of carboxylic acids is 4. The maximum absolute atomic E-state index is 11.2. The second kappa shape index (κ2) is 10.7. The maximum atomic E-state index is 11.2. The first-order chi connectivity index (χ1) is 12.6. The van der Waals surface area contributed by atoms with E-state index in [0.29, 0.717) is 12.8 Å². The average molecular weight is 403 g/mol. The second-order valence-electron chi connectivity index (χ2n) is 6.21. The summed E-state index contributed by atoms with van der Waals surface area (Å²) in [6.07, 6.45) is 0.991. The van der Waals surface area contributed by atoms with Crippen LogP contribution in [0.2, 0.25) is 0 Å². The molecule has 1 fully saturated rings. The van der Waals surface area contributed by atoms with Crippen LogP contribution in [0, 0.1) is 0 Å². The Morgan fingerprint density at radius 2 is 1.22 bits per heavy atom. The minimum absolute atomic E-state index is 0.213. The monoisotopic (exact) mass is 403 g/mol. The predicted octanol–water partition coefficient (Wildman–Crippen LogP) is -0.679. The van der Waals surface area contributed by atoms with Crippen LogP contribution in [0.5, 0.6) is 0 Å². The van der Waals surface area contributed by atoms with Crippen molar-refractivity contribution in [2.75, 3.05) is 26.2 Å². The van der Waals surface area contributed by atoms with Crippen molar-refractivity contribution in [3.8, 4) is 0 Å². The molecule has 3 atom stereocenters. The minimum Gasteiger partial charge on any atom is -0.480 e. The van der Waals surface area contributed by atoms with E-state index >= 15 is 0 Å². The van der Waals surface area contributed by atoms with E-state index in [1.165, 1.54) is 9.80 Å². The van der Waals surface area contributed by atoms with E-state index in [9.17, 15) is 19.2 Å². The molecule has 0 aliphatic heterocycles. The predicted molar refractivity (Wildman–Crippen MR) is 93.9 cm³/mol. The highest BCUT2D eigenvalue weighted by molar-refractivity contribution is 7.78. The number of hydrogen-bond acceptors (Lipinski definition) is 8. The van der Waals surface area contributed by atoms with Gasteiger partial charge in [0, 0.05) is 12.1 Å². The molecule has 1 aliphatic rings. The number of carboxylic acid groups (broad SMARTS) is 4. The fourth-order valence-corrected chi connectivity index (χ4v) is 3.54. The van der Waals surface area contributed by atoms with Crippen molar-refractivity contribution in [2.24, 2.45) is 4.99 Å². The molecule has 0 saturated heterocycles. The summed E-state index contributed by atoms with van der Waals surface area (Å²) >= 11 is 4.59. The largest absolute Gasteiger partial charge is 0.480 e. The number of aliphatic imine (C=N–C) groups is 1. The molecule has 0 aromatic rings. The van der Waals surface area contributed by atoms with E-state index in [1.807, 2.05) is 0 Å². The topological polar surface area (TPSA) is 168 Å². The summed E-state index contributed by atoms with van der Waals surface area (Å²) in [5.74, 6) is -4.98. The summed E-state index contributed by atoms with van der Waals surface area (Å²) in [7, 11) is 0. The number of thiocarbonyl (C=S) groups is 1. The van der Waals surface area contributed by atoms with Crippen LogP contribution < -0.4 is 0 Å². The van der Waals surface area contributed by atoms with Crippen molar-refractivity contribution >= 4 is 41.3 Å². The van der Waals surface area contributed by atoms with Crippen molar-refractivity contribution in [3.63, 3.8) is 0 Å². The molecule has 1 saturated carbocycles. The molecule has 11 nitrogen and oxygen atoms in total. The van der Waals surface area contributed by atoms with Crippen molar-refractivity contribution in [1.29, 1.82) is 0 Å². The Morgan fingerprint density at radius 1 is 0.815 bits per heavy atom. The van der Waals surface area contributed by atoms with Gasteiger partial charge in [0.25, 0.3) is 0 Å². The quantitative estimate of drug-likeness (QED) is 0.255. The molecule has 150 valence electrons. The Kier molecular flexibility index (Phi) is 8.95. The third-order valence-corrected chi connectivity index (χ3v) is 4.39. The number of aliphatic carboxylic acids is 4. The standard InChI is InChI=1S/C15H21N3O8S/c19-12(20)4-17(5-13(21)22)10-2-1-9(16-8-27)3-11(10)18(6-14(23)24)7-15(25)26/h9-11H,1-7H2,(H,19,20)(H,21,22)(H,23,24)(H,25,26)/t9?,10-,11-/m1/s1. The Hall–Kier alpha value is -2.40. The van der Waals surface area contributed by atoms with Gasteiger partial charge in [0.15, 0.2) is 0 Å².